The zero-order valence-electron chi connectivity index (χ0n) is 9.68. The molecule has 1 N–H and O–H groups in total. The quantitative estimate of drug-likeness (QED) is 0.306. The van der Waals surface area contributed by atoms with Gasteiger partial charge in [0.05, 0.1) is 33.9 Å². The Bertz CT molecular complexity index is 167. The fourth-order valence-electron chi connectivity index (χ4n) is 1.09. The van der Waals surface area contributed by atoms with Gasteiger partial charge in [0.1, 0.15) is 0 Å². The summed E-state index contributed by atoms with van der Waals surface area (Å²) in [6, 6.07) is 0. The molecule has 96 valence electrons. The molecule has 0 heterocycles. The maximum atomic E-state index is 10.4. The van der Waals surface area contributed by atoms with Gasteiger partial charge in [-0.25, -0.2) is 19.6 Å². The summed E-state index contributed by atoms with van der Waals surface area (Å²) < 4.78 is 0. The molecule has 0 aliphatic carbocycles. The van der Waals surface area contributed by atoms with E-state index in [-0.39, 0.29) is 6.42 Å². The molecule has 0 aromatic rings. The predicted molar refractivity (Wildman–Crippen MR) is 54.6 cm³/mol. The molecule has 0 spiro atoms. The number of carboxylic acids is 1. The summed E-state index contributed by atoms with van der Waals surface area (Å²) in [5.41, 5.74) is 0. The van der Waals surface area contributed by atoms with E-state index in [4.69, 9.17) is 14.9 Å². The van der Waals surface area contributed by atoms with E-state index in [1.54, 1.807) is 0 Å². The van der Waals surface area contributed by atoms with Crippen LogP contribution in [0.5, 0.6) is 0 Å². The lowest BCUT2D eigenvalue weighted by atomic mass is 10.3. The monoisotopic (exact) mass is 237 g/mol. The third-order valence-corrected chi connectivity index (χ3v) is 1.86. The Balaban J connectivity index is 3.71. The van der Waals surface area contributed by atoms with Crippen molar-refractivity contribution in [2.24, 2.45) is 0 Å². The van der Waals surface area contributed by atoms with Gasteiger partial charge in [-0.3, -0.25) is 9.69 Å². The standard InChI is InChI=1S/C9H19NO6/c1-13-15-7-5-10(4-3-9(11)12)6-8-16-14-2/h3-8H2,1-2H3,(H,11,12). The summed E-state index contributed by atoms with van der Waals surface area (Å²) in [5.74, 6) is -0.828. The molecule has 0 amide bonds. The van der Waals surface area contributed by atoms with Crippen molar-refractivity contribution in [1.29, 1.82) is 0 Å². The molecule has 0 bridgehead atoms. The number of carboxylic acid groups (broad SMARTS) is 1. The van der Waals surface area contributed by atoms with Crippen LogP contribution >= 0.6 is 0 Å². The second-order valence-electron chi connectivity index (χ2n) is 2.96. The minimum Gasteiger partial charge on any atom is -0.481 e. The summed E-state index contributed by atoms with van der Waals surface area (Å²) in [4.78, 5) is 30.6. The number of aliphatic carboxylic acids is 1. The first-order valence-corrected chi connectivity index (χ1v) is 4.96. The molecule has 0 radical (unpaired) electrons. The van der Waals surface area contributed by atoms with Crippen LogP contribution in [0.3, 0.4) is 0 Å². The number of hydrogen-bond acceptors (Lipinski definition) is 6. The number of hydrogen-bond donors (Lipinski definition) is 1. The molecule has 0 aliphatic heterocycles. The highest BCUT2D eigenvalue weighted by Gasteiger charge is 2.07. The van der Waals surface area contributed by atoms with Crippen LogP contribution in [0.25, 0.3) is 0 Å². The lowest BCUT2D eigenvalue weighted by molar-refractivity contribution is -0.280. The smallest absolute Gasteiger partial charge is 0.304 e. The van der Waals surface area contributed by atoms with E-state index in [9.17, 15) is 4.79 Å². The van der Waals surface area contributed by atoms with Gasteiger partial charge in [-0.2, -0.15) is 0 Å². The van der Waals surface area contributed by atoms with E-state index < -0.39 is 5.97 Å². The van der Waals surface area contributed by atoms with Crippen molar-refractivity contribution in [3.05, 3.63) is 0 Å². The first kappa shape index (κ1) is 15.3. The lowest BCUT2D eigenvalue weighted by Gasteiger charge is -2.20. The molecule has 0 fully saturated rings. The van der Waals surface area contributed by atoms with Crippen LogP contribution in [-0.2, 0) is 24.3 Å². The Morgan fingerprint density at radius 3 is 1.94 bits per heavy atom. The van der Waals surface area contributed by atoms with Gasteiger partial charge in [0, 0.05) is 19.6 Å². The molecule has 0 saturated carbocycles. The van der Waals surface area contributed by atoms with Crippen molar-refractivity contribution in [2.45, 2.75) is 6.42 Å². The van der Waals surface area contributed by atoms with Crippen LogP contribution in [0.2, 0.25) is 0 Å². The number of nitrogens with zero attached hydrogens (tertiary/aromatic N) is 1. The summed E-state index contributed by atoms with van der Waals surface area (Å²) in [5, 5.41) is 8.57. The average molecular weight is 237 g/mol. The highest BCUT2D eigenvalue weighted by atomic mass is 17.2. The topological polar surface area (TPSA) is 77.5 Å². The van der Waals surface area contributed by atoms with Gasteiger partial charge in [0.2, 0.25) is 0 Å². The molecule has 0 unspecified atom stereocenters. The van der Waals surface area contributed by atoms with E-state index in [0.717, 1.165) is 0 Å². The first-order chi connectivity index (χ1) is 7.70. The van der Waals surface area contributed by atoms with E-state index in [0.29, 0.717) is 32.8 Å². The van der Waals surface area contributed by atoms with Crippen LogP contribution < -0.4 is 0 Å². The molecule has 16 heavy (non-hydrogen) atoms. The summed E-state index contributed by atoms with van der Waals surface area (Å²) in [7, 11) is 2.85. The van der Waals surface area contributed by atoms with Crippen LogP contribution in [0.4, 0.5) is 0 Å². The van der Waals surface area contributed by atoms with Crippen molar-refractivity contribution in [3.63, 3.8) is 0 Å². The number of rotatable bonds is 11. The van der Waals surface area contributed by atoms with Crippen LogP contribution in [-0.4, -0.2) is 63.0 Å². The molecule has 7 heteroatoms. The molecule has 0 aromatic heterocycles. The summed E-state index contributed by atoms with van der Waals surface area (Å²) in [6.07, 6.45) is 0.0833. The third kappa shape index (κ3) is 9.81. The second kappa shape index (κ2) is 10.8. The van der Waals surface area contributed by atoms with Crippen molar-refractivity contribution >= 4 is 5.97 Å². The fourth-order valence-corrected chi connectivity index (χ4v) is 1.09. The minimum absolute atomic E-state index is 0.0833. The third-order valence-electron chi connectivity index (χ3n) is 1.86. The Kier molecular flexibility index (Phi) is 10.3. The SMILES string of the molecule is COOCCN(CCOOC)CCC(=O)O. The normalized spacial score (nSPS) is 10.9. The lowest BCUT2D eigenvalue weighted by Crippen LogP contribution is -2.33. The van der Waals surface area contributed by atoms with Crippen molar-refractivity contribution < 1.29 is 29.5 Å². The molecule has 7 nitrogen and oxygen atoms in total. The zero-order valence-corrected chi connectivity index (χ0v) is 9.68. The van der Waals surface area contributed by atoms with E-state index >= 15 is 0 Å². The van der Waals surface area contributed by atoms with Crippen LogP contribution in [0.15, 0.2) is 0 Å². The van der Waals surface area contributed by atoms with Gasteiger partial charge in [0.25, 0.3) is 0 Å². The van der Waals surface area contributed by atoms with Gasteiger partial charge in [-0.1, -0.05) is 0 Å². The fraction of sp³-hybridized carbons (Fsp3) is 0.889. The maximum absolute atomic E-state index is 10.4. The van der Waals surface area contributed by atoms with Crippen LogP contribution in [0.1, 0.15) is 6.42 Å². The van der Waals surface area contributed by atoms with E-state index in [2.05, 4.69) is 9.78 Å². The zero-order chi connectivity index (χ0) is 12.2. The maximum Gasteiger partial charge on any atom is 0.304 e. The summed E-state index contributed by atoms with van der Waals surface area (Å²) >= 11 is 0. The Hall–Kier alpha value is -0.730. The predicted octanol–water partition coefficient (Wildman–Crippen LogP) is -0.0809. The molecular weight excluding hydrogens is 218 g/mol. The molecule has 0 atom stereocenters. The van der Waals surface area contributed by atoms with Gasteiger partial charge < -0.3 is 5.11 Å². The highest BCUT2D eigenvalue weighted by molar-refractivity contribution is 5.66. The molecular formula is C9H19NO6. The first-order valence-electron chi connectivity index (χ1n) is 4.96. The van der Waals surface area contributed by atoms with Crippen molar-refractivity contribution in [3.8, 4) is 0 Å². The Morgan fingerprint density at radius 2 is 1.56 bits per heavy atom. The largest absolute Gasteiger partial charge is 0.481 e. The van der Waals surface area contributed by atoms with Crippen molar-refractivity contribution in [2.75, 3.05) is 47.1 Å². The van der Waals surface area contributed by atoms with Gasteiger partial charge in [0.15, 0.2) is 0 Å². The Labute approximate surface area is 94.7 Å². The van der Waals surface area contributed by atoms with Crippen LogP contribution in [0, 0.1) is 0 Å². The summed E-state index contributed by atoms with van der Waals surface area (Å²) in [6.45, 7) is 2.35. The van der Waals surface area contributed by atoms with Gasteiger partial charge in [-0.15, -0.1) is 0 Å². The Morgan fingerprint density at radius 1 is 1.06 bits per heavy atom. The van der Waals surface area contributed by atoms with E-state index in [1.165, 1.54) is 14.2 Å². The molecule has 0 rings (SSSR count). The van der Waals surface area contributed by atoms with Crippen molar-refractivity contribution in [1.82, 2.24) is 4.90 Å². The minimum atomic E-state index is -0.828. The molecule has 0 aromatic carbocycles. The highest BCUT2D eigenvalue weighted by Crippen LogP contribution is 1.93. The van der Waals surface area contributed by atoms with E-state index in [1.807, 2.05) is 4.90 Å². The van der Waals surface area contributed by atoms with Gasteiger partial charge >= 0.3 is 5.97 Å². The number of carbonyl (C=O) groups is 1. The second-order valence-corrected chi connectivity index (χ2v) is 2.96. The molecule has 0 aliphatic rings. The molecule has 0 saturated heterocycles. The average Bonchev–Trinajstić information content (AvgIpc) is 2.25. The van der Waals surface area contributed by atoms with Gasteiger partial charge in [-0.05, 0) is 0 Å².